The Balaban J connectivity index is 1.39. The Bertz CT molecular complexity index is 804. The molecule has 6 heteroatoms. The fraction of sp³-hybridized carbons (Fsp3) is 0.409. The molecule has 0 radical (unpaired) electrons. The van der Waals surface area contributed by atoms with Gasteiger partial charge in [-0.1, -0.05) is 42.5 Å². The van der Waals surface area contributed by atoms with E-state index >= 15 is 0 Å². The van der Waals surface area contributed by atoms with Gasteiger partial charge in [-0.15, -0.1) is 0 Å². The summed E-state index contributed by atoms with van der Waals surface area (Å²) in [7, 11) is 0. The zero-order valence-corrected chi connectivity index (χ0v) is 15.6. The van der Waals surface area contributed by atoms with Crippen molar-refractivity contribution in [3.63, 3.8) is 0 Å². The number of amides is 1. The molecule has 2 aromatic carbocycles. The second kappa shape index (κ2) is 9.24. The van der Waals surface area contributed by atoms with Gasteiger partial charge in [0.05, 0.1) is 18.1 Å². The predicted octanol–water partition coefficient (Wildman–Crippen LogP) is 4.85. The van der Waals surface area contributed by atoms with E-state index in [9.17, 15) is 18.0 Å². The molecule has 1 amide bonds. The molecule has 0 spiro atoms. The Hall–Kier alpha value is -2.34. The number of rotatable bonds is 7. The van der Waals surface area contributed by atoms with Crippen molar-refractivity contribution in [2.45, 2.75) is 44.4 Å². The lowest BCUT2D eigenvalue weighted by atomic mass is 9.89. The van der Waals surface area contributed by atoms with Crippen molar-refractivity contribution < 1.29 is 22.7 Å². The molecular weight excluding hydrogens is 367 g/mol. The molecule has 3 rings (SSSR count). The fourth-order valence-electron chi connectivity index (χ4n) is 3.51. The third-order valence-electron chi connectivity index (χ3n) is 4.90. The van der Waals surface area contributed by atoms with Gasteiger partial charge in [-0.3, -0.25) is 4.79 Å². The number of ether oxygens (including phenoxy) is 1. The third-order valence-corrected chi connectivity index (χ3v) is 4.90. The maximum atomic E-state index is 12.7. The van der Waals surface area contributed by atoms with Gasteiger partial charge in [0.15, 0.2) is 0 Å². The summed E-state index contributed by atoms with van der Waals surface area (Å²) in [6.07, 6.45) is -0.517. The number of hydrogen-bond acceptors (Lipinski definition) is 2. The first-order valence-electron chi connectivity index (χ1n) is 9.56. The lowest BCUT2D eigenvalue weighted by Gasteiger charge is -2.25. The van der Waals surface area contributed by atoms with Gasteiger partial charge in [-0.05, 0) is 48.4 Å². The first kappa shape index (κ1) is 20.4. The highest BCUT2D eigenvalue weighted by molar-refractivity contribution is 5.78. The molecule has 1 N–H and O–H groups in total. The molecule has 28 heavy (non-hydrogen) atoms. The Labute approximate surface area is 162 Å². The van der Waals surface area contributed by atoms with Gasteiger partial charge >= 0.3 is 6.18 Å². The summed E-state index contributed by atoms with van der Waals surface area (Å²) in [5.74, 6) is -0.290. The van der Waals surface area contributed by atoms with E-state index in [0.717, 1.165) is 31.4 Å². The van der Waals surface area contributed by atoms with Crippen LogP contribution in [0.2, 0.25) is 0 Å². The molecule has 1 aliphatic rings. The van der Waals surface area contributed by atoms with Crippen molar-refractivity contribution in [2.24, 2.45) is 0 Å². The molecule has 3 nitrogen and oxygen atoms in total. The van der Waals surface area contributed by atoms with Crippen LogP contribution in [0.5, 0.6) is 0 Å². The summed E-state index contributed by atoms with van der Waals surface area (Å²) in [4.78, 5) is 12.0. The minimum absolute atomic E-state index is 0.0687. The summed E-state index contributed by atoms with van der Waals surface area (Å²) < 4.78 is 44.2. The number of alkyl halides is 3. The van der Waals surface area contributed by atoms with E-state index in [1.165, 1.54) is 23.3 Å². The second-order valence-electron chi connectivity index (χ2n) is 7.03. The van der Waals surface area contributed by atoms with Crippen LogP contribution >= 0.6 is 0 Å². The van der Waals surface area contributed by atoms with Gasteiger partial charge in [-0.2, -0.15) is 13.2 Å². The molecule has 2 aromatic rings. The molecule has 0 fully saturated rings. The highest BCUT2D eigenvalue weighted by Gasteiger charge is 2.30. The highest BCUT2D eigenvalue weighted by atomic mass is 19.4. The zero-order chi connectivity index (χ0) is 20.0. The molecule has 0 heterocycles. The molecule has 1 atom stereocenters. The molecule has 1 unspecified atom stereocenters. The lowest BCUT2D eigenvalue weighted by molar-refractivity contribution is -0.137. The first-order valence-corrected chi connectivity index (χ1v) is 9.56. The van der Waals surface area contributed by atoms with Gasteiger partial charge in [0.2, 0.25) is 5.91 Å². The van der Waals surface area contributed by atoms with Crippen LogP contribution in [0.1, 0.15) is 47.6 Å². The molecule has 0 bridgehead atoms. The topological polar surface area (TPSA) is 38.3 Å². The van der Waals surface area contributed by atoms with E-state index < -0.39 is 11.7 Å². The SMILES string of the molecule is O=C(Cc1cccc(C(F)(F)F)c1)NCCCOC1CCCc2ccccc21. The van der Waals surface area contributed by atoms with Crippen LogP contribution in [0.15, 0.2) is 48.5 Å². The van der Waals surface area contributed by atoms with Crippen molar-refractivity contribution in [1.82, 2.24) is 5.32 Å². The molecular formula is C22H24F3NO2. The number of carbonyl (C=O) groups excluding carboxylic acids is 1. The van der Waals surface area contributed by atoms with Gasteiger partial charge in [0.1, 0.15) is 0 Å². The van der Waals surface area contributed by atoms with Gasteiger partial charge < -0.3 is 10.1 Å². The Morgan fingerprint density at radius 3 is 2.79 bits per heavy atom. The molecule has 0 aromatic heterocycles. The lowest BCUT2D eigenvalue weighted by Crippen LogP contribution is -2.27. The molecule has 0 saturated carbocycles. The van der Waals surface area contributed by atoms with Crippen molar-refractivity contribution in [1.29, 1.82) is 0 Å². The molecule has 0 aliphatic heterocycles. The number of halogens is 3. The van der Waals surface area contributed by atoms with Crippen LogP contribution in [0.25, 0.3) is 0 Å². The number of benzene rings is 2. The number of carbonyl (C=O) groups is 1. The molecule has 1 aliphatic carbocycles. The monoisotopic (exact) mass is 391 g/mol. The number of fused-ring (bicyclic) bond motifs is 1. The van der Waals surface area contributed by atoms with E-state index in [4.69, 9.17) is 4.74 Å². The highest BCUT2D eigenvalue weighted by Crippen LogP contribution is 2.32. The minimum atomic E-state index is -4.40. The molecule has 0 saturated heterocycles. The fourth-order valence-corrected chi connectivity index (χ4v) is 3.51. The van der Waals surface area contributed by atoms with Crippen LogP contribution in [0.3, 0.4) is 0 Å². The van der Waals surface area contributed by atoms with E-state index in [0.29, 0.717) is 25.1 Å². The van der Waals surface area contributed by atoms with Crippen LogP contribution in [-0.2, 0) is 28.5 Å². The Morgan fingerprint density at radius 1 is 1.14 bits per heavy atom. The number of hydrogen-bond donors (Lipinski definition) is 1. The van der Waals surface area contributed by atoms with Crippen molar-refractivity contribution in [3.05, 3.63) is 70.8 Å². The smallest absolute Gasteiger partial charge is 0.373 e. The van der Waals surface area contributed by atoms with E-state index in [2.05, 4.69) is 17.4 Å². The maximum absolute atomic E-state index is 12.7. The summed E-state index contributed by atoms with van der Waals surface area (Å²) in [6.45, 7) is 0.967. The van der Waals surface area contributed by atoms with Crippen molar-refractivity contribution >= 4 is 5.91 Å². The van der Waals surface area contributed by atoms with Crippen LogP contribution < -0.4 is 5.32 Å². The summed E-state index contributed by atoms with van der Waals surface area (Å²) in [5.41, 5.74) is 2.21. The van der Waals surface area contributed by atoms with Gasteiger partial charge in [-0.25, -0.2) is 0 Å². The van der Waals surface area contributed by atoms with Crippen LogP contribution in [0, 0.1) is 0 Å². The average molecular weight is 391 g/mol. The summed E-state index contributed by atoms with van der Waals surface area (Å²) >= 11 is 0. The normalized spacial score (nSPS) is 16.5. The van der Waals surface area contributed by atoms with Crippen molar-refractivity contribution in [2.75, 3.05) is 13.2 Å². The summed E-state index contributed by atoms with van der Waals surface area (Å²) in [6, 6.07) is 13.2. The van der Waals surface area contributed by atoms with Crippen LogP contribution in [-0.4, -0.2) is 19.1 Å². The van der Waals surface area contributed by atoms with E-state index in [1.54, 1.807) is 0 Å². The van der Waals surface area contributed by atoms with Gasteiger partial charge in [0.25, 0.3) is 0 Å². The minimum Gasteiger partial charge on any atom is -0.373 e. The molecule has 150 valence electrons. The quantitative estimate of drug-likeness (QED) is 0.686. The van der Waals surface area contributed by atoms with Crippen molar-refractivity contribution in [3.8, 4) is 0 Å². The van der Waals surface area contributed by atoms with Crippen LogP contribution in [0.4, 0.5) is 13.2 Å². The number of nitrogens with one attached hydrogen (secondary N) is 1. The predicted molar refractivity (Wildman–Crippen MR) is 101 cm³/mol. The maximum Gasteiger partial charge on any atom is 0.416 e. The first-order chi connectivity index (χ1) is 13.4. The third kappa shape index (κ3) is 5.58. The largest absolute Gasteiger partial charge is 0.416 e. The zero-order valence-electron chi connectivity index (χ0n) is 15.6. The number of aryl methyl sites for hydroxylation is 1. The Kier molecular flexibility index (Phi) is 6.73. The summed E-state index contributed by atoms with van der Waals surface area (Å²) in [5, 5.41) is 2.75. The van der Waals surface area contributed by atoms with E-state index in [1.807, 2.05) is 12.1 Å². The van der Waals surface area contributed by atoms with E-state index in [-0.39, 0.29) is 18.4 Å². The average Bonchev–Trinajstić information content (AvgIpc) is 2.67. The second-order valence-corrected chi connectivity index (χ2v) is 7.03. The standard InChI is InChI=1S/C22H24F3NO2/c23-22(24,25)18-9-3-6-16(14-18)15-21(27)26-12-5-13-28-20-11-4-8-17-7-1-2-10-19(17)20/h1-3,6-7,9-10,14,20H,4-5,8,11-13,15H2,(H,26,27). The Morgan fingerprint density at radius 2 is 1.96 bits per heavy atom. The van der Waals surface area contributed by atoms with Gasteiger partial charge in [0, 0.05) is 13.2 Å².